The lowest BCUT2D eigenvalue weighted by atomic mass is 9.99. The number of hydrogen-bond donors (Lipinski definition) is 2. The molecular formula is C25H34N2O2. The predicted molar refractivity (Wildman–Crippen MR) is 126 cm³/mol. The van der Waals surface area contributed by atoms with E-state index in [1.165, 1.54) is 23.1 Å². The Kier molecular flexibility index (Phi) is 14.7. The summed E-state index contributed by atoms with van der Waals surface area (Å²) >= 11 is 0. The summed E-state index contributed by atoms with van der Waals surface area (Å²) in [6.45, 7) is 9.29. The Morgan fingerprint density at radius 2 is 1.62 bits per heavy atom. The smallest absolute Gasteiger partial charge is 0.108 e. The van der Waals surface area contributed by atoms with Crippen molar-refractivity contribution in [1.82, 2.24) is 5.32 Å². The van der Waals surface area contributed by atoms with Crippen LogP contribution in [0.15, 0.2) is 53.7 Å². The van der Waals surface area contributed by atoms with Gasteiger partial charge < -0.3 is 10.4 Å². The molecule has 0 aromatic heterocycles. The molecule has 1 heterocycles. The Morgan fingerprint density at radius 3 is 2.00 bits per heavy atom. The summed E-state index contributed by atoms with van der Waals surface area (Å²) in [4.78, 5) is 10.5. The van der Waals surface area contributed by atoms with Gasteiger partial charge in [0.1, 0.15) is 5.69 Å². The average molecular weight is 395 g/mol. The fraction of sp³-hybridized carbons (Fsp3) is 0.360. The molecule has 2 N–H and O–H groups in total. The maximum Gasteiger partial charge on any atom is 0.108 e. The van der Waals surface area contributed by atoms with E-state index in [0.717, 1.165) is 25.6 Å². The number of nitrogens with zero attached hydrogens (tertiary/aromatic N) is 1. The summed E-state index contributed by atoms with van der Waals surface area (Å²) in [5, 5.41) is 13.3. The molecule has 0 aliphatic carbocycles. The number of hydrogen-bond acceptors (Lipinski definition) is 4. The van der Waals surface area contributed by atoms with Gasteiger partial charge in [-0.1, -0.05) is 69.2 Å². The molecule has 29 heavy (non-hydrogen) atoms. The lowest BCUT2D eigenvalue weighted by Gasteiger charge is -2.06. The van der Waals surface area contributed by atoms with Gasteiger partial charge in [-0.05, 0) is 47.0 Å². The molecule has 1 unspecified atom stereocenters. The highest BCUT2D eigenvalue weighted by Crippen LogP contribution is 2.27. The van der Waals surface area contributed by atoms with Gasteiger partial charge >= 0.3 is 0 Å². The first-order chi connectivity index (χ1) is 14.1. The van der Waals surface area contributed by atoms with Crippen molar-refractivity contribution in [3.63, 3.8) is 0 Å². The number of aliphatic hydroxyl groups excluding tert-OH is 1. The van der Waals surface area contributed by atoms with Crippen molar-refractivity contribution < 1.29 is 5.11 Å². The van der Waals surface area contributed by atoms with Crippen LogP contribution in [0.4, 0.5) is 5.69 Å². The van der Waals surface area contributed by atoms with Gasteiger partial charge in [-0.3, -0.25) is 0 Å². The van der Waals surface area contributed by atoms with E-state index in [2.05, 4.69) is 67.5 Å². The molecule has 0 spiro atoms. The molecule has 3 rings (SSSR count). The van der Waals surface area contributed by atoms with Crippen LogP contribution in [0, 0.1) is 24.2 Å². The summed E-state index contributed by atoms with van der Waals surface area (Å²) in [6.07, 6.45) is 9.08. The Labute approximate surface area is 176 Å². The van der Waals surface area contributed by atoms with Crippen molar-refractivity contribution in [3.8, 4) is 12.3 Å². The topological polar surface area (TPSA) is 71.6 Å². The molecule has 4 heteroatoms. The highest BCUT2D eigenvalue weighted by Gasteiger charge is 2.25. The van der Waals surface area contributed by atoms with E-state index in [1.54, 1.807) is 12.1 Å². The van der Waals surface area contributed by atoms with E-state index in [9.17, 15) is 4.91 Å². The van der Waals surface area contributed by atoms with Crippen molar-refractivity contribution >= 4 is 17.3 Å². The second-order valence-corrected chi connectivity index (χ2v) is 6.37. The van der Waals surface area contributed by atoms with Crippen molar-refractivity contribution in [3.05, 3.63) is 70.1 Å². The predicted octanol–water partition coefficient (Wildman–Crippen LogP) is 5.96. The monoisotopic (exact) mass is 394 g/mol. The van der Waals surface area contributed by atoms with Gasteiger partial charge in [0, 0.05) is 26.1 Å². The molecule has 1 atom stereocenters. The summed E-state index contributed by atoms with van der Waals surface area (Å²) in [7, 11) is 1.00. The second kappa shape index (κ2) is 16.2. The van der Waals surface area contributed by atoms with E-state index in [1.807, 2.05) is 19.1 Å². The zero-order chi connectivity index (χ0) is 22.1. The Bertz CT molecular complexity index is 753. The highest BCUT2D eigenvalue weighted by molar-refractivity contribution is 5.86. The normalized spacial score (nSPS) is 13.8. The molecule has 0 amide bonds. The molecule has 2 aromatic carbocycles. The van der Waals surface area contributed by atoms with E-state index in [0.29, 0.717) is 11.7 Å². The first-order valence-corrected chi connectivity index (χ1v) is 9.93. The highest BCUT2D eigenvalue weighted by atomic mass is 16.3. The molecule has 1 saturated heterocycles. The molecule has 4 nitrogen and oxygen atoms in total. The van der Waals surface area contributed by atoms with Crippen LogP contribution < -0.4 is 5.32 Å². The Balaban J connectivity index is 0.000000750. The second-order valence-electron chi connectivity index (χ2n) is 6.37. The molecule has 0 bridgehead atoms. The maximum atomic E-state index is 10.5. The van der Waals surface area contributed by atoms with Crippen LogP contribution in [-0.2, 0) is 0 Å². The number of aliphatic hydroxyl groups is 1. The molecule has 2 aromatic rings. The summed E-state index contributed by atoms with van der Waals surface area (Å²) < 4.78 is 0. The number of nitroso groups, excluding NO2 is 1. The molecule has 0 radical (unpaired) electrons. The van der Waals surface area contributed by atoms with Crippen LogP contribution in [-0.4, -0.2) is 24.8 Å². The van der Waals surface area contributed by atoms with Gasteiger partial charge in [-0.15, -0.1) is 17.3 Å². The van der Waals surface area contributed by atoms with Gasteiger partial charge in [-0.2, -0.15) is 0 Å². The van der Waals surface area contributed by atoms with Crippen LogP contribution in [0.3, 0.4) is 0 Å². The van der Waals surface area contributed by atoms with Gasteiger partial charge in [0.05, 0.1) is 0 Å². The fourth-order valence-corrected chi connectivity index (χ4v) is 2.22. The zero-order valence-electron chi connectivity index (χ0n) is 18.3. The molecule has 1 fully saturated rings. The standard InChI is InChI=1S/C17H16N2O.C4H6.C3H8.CH4O/c1-12-2-4-13(5-3-12)10-16(17-11-18-17)14-6-8-15(19-20)9-7-14;1-3-4-2;1-3-2;1-2/h2-10,17-18H,11H2,1H3;1H,4H2,2H3;3H2,1-2H3;2H,1H3/b16-10-;;;. The minimum Gasteiger partial charge on any atom is -0.400 e. The first-order valence-electron chi connectivity index (χ1n) is 9.93. The van der Waals surface area contributed by atoms with E-state index < -0.39 is 0 Å². The number of aryl methyl sites for hydroxylation is 1. The molecule has 156 valence electrons. The summed E-state index contributed by atoms with van der Waals surface area (Å²) in [6, 6.07) is 16.3. The van der Waals surface area contributed by atoms with Gasteiger partial charge in [-0.25, -0.2) is 0 Å². The fourth-order valence-electron chi connectivity index (χ4n) is 2.22. The van der Waals surface area contributed by atoms with Crippen molar-refractivity contribution in [2.24, 2.45) is 5.18 Å². The third kappa shape index (κ3) is 11.0. The van der Waals surface area contributed by atoms with E-state index in [-0.39, 0.29) is 0 Å². The van der Waals surface area contributed by atoms with Crippen LogP contribution in [0.25, 0.3) is 11.6 Å². The number of benzene rings is 2. The maximum absolute atomic E-state index is 10.5. The number of rotatable bonds is 4. The largest absolute Gasteiger partial charge is 0.400 e. The van der Waals surface area contributed by atoms with E-state index >= 15 is 0 Å². The first kappa shape index (κ1) is 26.3. The summed E-state index contributed by atoms with van der Waals surface area (Å²) in [5.74, 6) is 2.43. The SMILES string of the molecule is C#CCC.CCC.CO.Cc1ccc(/C=C(/c2ccc(N=O)cc2)C2CN2)cc1. The van der Waals surface area contributed by atoms with Gasteiger partial charge in [0.2, 0.25) is 0 Å². The molecule has 1 aliphatic rings. The quantitative estimate of drug-likeness (QED) is 0.291. The zero-order valence-corrected chi connectivity index (χ0v) is 18.3. The Morgan fingerprint density at radius 1 is 1.14 bits per heavy atom. The summed E-state index contributed by atoms with van der Waals surface area (Å²) in [5.41, 5.74) is 5.30. The minimum atomic E-state index is 0.409. The van der Waals surface area contributed by atoms with Crippen LogP contribution in [0.1, 0.15) is 50.3 Å². The van der Waals surface area contributed by atoms with Crippen molar-refractivity contribution in [2.45, 2.75) is 46.6 Å². The third-order valence-electron chi connectivity index (χ3n) is 3.69. The minimum absolute atomic E-state index is 0.409. The van der Waals surface area contributed by atoms with Gasteiger partial charge in [0.15, 0.2) is 0 Å². The van der Waals surface area contributed by atoms with Crippen molar-refractivity contribution in [1.29, 1.82) is 0 Å². The van der Waals surface area contributed by atoms with Crippen LogP contribution >= 0.6 is 0 Å². The third-order valence-corrected chi connectivity index (χ3v) is 3.69. The lowest BCUT2D eigenvalue weighted by Crippen LogP contribution is -1.96. The number of nitrogens with one attached hydrogen (secondary N) is 1. The molecule has 1 aliphatic heterocycles. The van der Waals surface area contributed by atoms with Crippen LogP contribution in [0.2, 0.25) is 0 Å². The van der Waals surface area contributed by atoms with Crippen LogP contribution in [0.5, 0.6) is 0 Å². The molecule has 0 saturated carbocycles. The number of terminal acetylenes is 1. The Hall–Kier alpha value is -2.74. The van der Waals surface area contributed by atoms with E-state index in [4.69, 9.17) is 11.5 Å². The van der Waals surface area contributed by atoms with Gasteiger partial charge in [0.25, 0.3) is 0 Å². The molecular weight excluding hydrogens is 360 g/mol. The lowest BCUT2D eigenvalue weighted by molar-refractivity contribution is 0.399. The van der Waals surface area contributed by atoms with Crippen molar-refractivity contribution in [2.75, 3.05) is 13.7 Å². The average Bonchev–Trinajstić information content (AvgIpc) is 3.61.